The van der Waals surface area contributed by atoms with E-state index >= 15 is 0 Å². The molecule has 6 nitrogen and oxygen atoms in total. The Hall–Kier alpha value is -1.66. The van der Waals surface area contributed by atoms with Gasteiger partial charge < -0.3 is 9.64 Å². The molecule has 2 rings (SSSR count). The van der Waals surface area contributed by atoms with Gasteiger partial charge in [0, 0.05) is 57.2 Å². The Bertz CT molecular complexity index is 441. The summed E-state index contributed by atoms with van der Waals surface area (Å²) >= 11 is 0. The lowest BCUT2D eigenvalue weighted by atomic mass is 10.2. The number of piperazine rings is 1. The van der Waals surface area contributed by atoms with E-state index in [0.29, 0.717) is 6.04 Å². The van der Waals surface area contributed by atoms with E-state index < -0.39 is 0 Å². The number of nitro groups is 1. The zero-order valence-electron chi connectivity index (χ0n) is 12.0. The van der Waals surface area contributed by atoms with Gasteiger partial charge in [0.05, 0.1) is 11.5 Å². The predicted molar refractivity (Wildman–Crippen MR) is 78.2 cm³/mol. The molecule has 1 atom stereocenters. The van der Waals surface area contributed by atoms with Gasteiger partial charge >= 0.3 is 0 Å². The van der Waals surface area contributed by atoms with Crippen molar-refractivity contribution in [2.75, 3.05) is 44.8 Å². The molecule has 0 radical (unpaired) electrons. The van der Waals surface area contributed by atoms with Crippen molar-refractivity contribution in [1.82, 2.24) is 4.90 Å². The van der Waals surface area contributed by atoms with Crippen molar-refractivity contribution in [3.63, 3.8) is 0 Å². The highest BCUT2D eigenvalue weighted by Crippen LogP contribution is 2.21. The quantitative estimate of drug-likeness (QED) is 0.607. The van der Waals surface area contributed by atoms with Crippen LogP contribution in [0.2, 0.25) is 0 Å². The first-order chi connectivity index (χ1) is 9.61. The number of methoxy groups -OCH3 is 1. The molecule has 1 aliphatic heterocycles. The van der Waals surface area contributed by atoms with Crippen LogP contribution in [-0.4, -0.2) is 55.8 Å². The molecule has 1 saturated heterocycles. The summed E-state index contributed by atoms with van der Waals surface area (Å²) in [6.45, 7) is 6.77. The Labute approximate surface area is 119 Å². The number of rotatable bonds is 5. The van der Waals surface area contributed by atoms with E-state index in [9.17, 15) is 10.1 Å². The molecule has 1 fully saturated rings. The van der Waals surface area contributed by atoms with Gasteiger partial charge in [0.2, 0.25) is 0 Å². The van der Waals surface area contributed by atoms with E-state index in [4.69, 9.17) is 4.74 Å². The highest BCUT2D eigenvalue weighted by Gasteiger charge is 2.21. The molecule has 0 N–H and O–H groups in total. The summed E-state index contributed by atoms with van der Waals surface area (Å²) in [5, 5.41) is 10.6. The topological polar surface area (TPSA) is 58.8 Å². The largest absolute Gasteiger partial charge is 0.383 e. The summed E-state index contributed by atoms with van der Waals surface area (Å²) in [5.74, 6) is 0. The standard InChI is InChI=1S/C14H21N3O3/c1-12(11-20-2)15-7-9-16(10-8-15)13-3-5-14(6-4-13)17(18)19/h3-6,12H,7-11H2,1-2H3. The summed E-state index contributed by atoms with van der Waals surface area (Å²) < 4.78 is 5.18. The van der Waals surface area contributed by atoms with Crippen LogP contribution in [0.25, 0.3) is 0 Å². The summed E-state index contributed by atoms with van der Waals surface area (Å²) in [7, 11) is 1.73. The minimum atomic E-state index is -0.367. The van der Waals surface area contributed by atoms with Gasteiger partial charge in [-0.15, -0.1) is 0 Å². The monoisotopic (exact) mass is 279 g/mol. The third-order valence-electron chi connectivity index (χ3n) is 3.77. The fourth-order valence-electron chi connectivity index (χ4n) is 2.55. The van der Waals surface area contributed by atoms with Crippen molar-refractivity contribution in [3.05, 3.63) is 34.4 Å². The molecule has 0 aromatic heterocycles. The lowest BCUT2D eigenvalue weighted by Crippen LogP contribution is -2.50. The van der Waals surface area contributed by atoms with Gasteiger partial charge in [-0.05, 0) is 19.1 Å². The molecule has 1 aromatic carbocycles. The molecular weight excluding hydrogens is 258 g/mol. The van der Waals surface area contributed by atoms with E-state index in [2.05, 4.69) is 16.7 Å². The first-order valence-corrected chi connectivity index (χ1v) is 6.84. The van der Waals surface area contributed by atoms with E-state index in [-0.39, 0.29) is 10.6 Å². The van der Waals surface area contributed by atoms with Crippen molar-refractivity contribution in [2.24, 2.45) is 0 Å². The molecule has 110 valence electrons. The van der Waals surface area contributed by atoms with Crippen LogP contribution in [-0.2, 0) is 4.74 Å². The fourth-order valence-corrected chi connectivity index (χ4v) is 2.55. The highest BCUT2D eigenvalue weighted by atomic mass is 16.6. The minimum Gasteiger partial charge on any atom is -0.383 e. The van der Waals surface area contributed by atoms with Gasteiger partial charge in [0.25, 0.3) is 5.69 Å². The molecular formula is C14H21N3O3. The Morgan fingerprint density at radius 2 is 1.85 bits per heavy atom. The van der Waals surface area contributed by atoms with Crippen molar-refractivity contribution in [3.8, 4) is 0 Å². The van der Waals surface area contributed by atoms with Crippen LogP contribution >= 0.6 is 0 Å². The third-order valence-corrected chi connectivity index (χ3v) is 3.77. The molecule has 1 aromatic rings. The molecule has 1 unspecified atom stereocenters. The van der Waals surface area contributed by atoms with Crippen LogP contribution in [0.5, 0.6) is 0 Å². The first kappa shape index (κ1) is 14.7. The van der Waals surface area contributed by atoms with E-state index in [0.717, 1.165) is 38.5 Å². The second kappa shape index (κ2) is 6.67. The molecule has 1 aliphatic rings. The van der Waals surface area contributed by atoms with Crippen LogP contribution in [0.4, 0.5) is 11.4 Å². The molecule has 0 saturated carbocycles. The molecule has 0 bridgehead atoms. The molecule has 1 heterocycles. The van der Waals surface area contributed by atoms with Gasteiger partial charge in [-0.2, -0.15) is 0 Å². The van der Waals surface area contributed by atoms with Gasteiger partial charge in [-0.3, -0.25) is 15.0 Å². The fraction of sp³-hybridized carbons (Fsp3) is 0.571. The Morgan fingerprint density at radius 1 is 1.25 bits per heavy atom. The van der Waals surface area contributed by atoms with Crippen LogP contribution in [0, 0.1) is 10.1 Å². The number of anilines is 1. The average molecular weight is 279 g/mol. The zero-order chi connectivity index (χ0) is 14.5. The van der Waals surface area contributed by atoms with E-state index in [1.807, 2.05) is 12.1 Å². The summed E-state index contributed by atoms with van der Waals surface area (Å²) in [6, 6.07) is 7.21. The van der Waals surface area contributed by atoms with Crippen molar-refractivity contribution in [1.29, 1.82) is 0 Å². The van der Waals surface area contributed by atoms with Gasteiger partial charge in [-0.1, -0.05) is 0 Å². The summed E-state index contributed by atoms with van der Waals surface area (Å²) in [5.41, 5.74) is 1.19. The molecule has 0 amide bonds. The average Bonchev–Trinajstić information content (AvgIpc) is 2.48. The number of hydrogen-bond acceptors (Lipinski definition) is 5. The number of hydrogen-bond donors (Lipinski definition) is 0. The van der Waals surface area contributed by atoms with Crippen LogP contribution in [0.15, 0.2) is 24.3 Å². The second-order valence-electron chi connectivity index (χ2n) is 5.10. The zero-order valence-corrected chi connectivity index (χ0v) is 12.0. The van der Waals surface area contributed by atoms with Crippen molar-refractivity contribution < 1.29 is 9.66 Å². The number of nitrogens with zero attached hydrogens (tertiary/aromatic N) is 3. The first-order valence-electron chi connectivity index (χ1n) is 6.84. The maximum atomic E-state index is 10.6. The Morgan fingerprint density at radius 3 is 2.35 bits per heavy atom. The minimum absolute atomic E-state index is 0.140. The Kier molecular flexibility index (Phi) is 4.92. The third kappa shape index (κ3) is 3.46. The maximum Gasteiger partial charge on any atom is 0.269 e. The van der Waals surface area contributed by atoms with E-state index in [1.165, 1.54) is 0 Å². The molecule has 20 heavy (non-hydrogen) atoms. The number of benzene rings is 1. The Balaban J connectivity index is 1.91. The SMILES string of the molecule is COCC(C)N1CCN(c2ccc([N+](=O)[O-])cc2)CC1. The summed E-state index contributed by atoms with van der Waals surface area (Å²) in [4.78, 5) is 14.9. The van der Waals surface area contributed by atoms with Gasteiger partial charge in [0.1, 0.15) is 0 Å². The second-order valence-corrected chi connectivity index (χ2v) is 5.10. The normalized spacial score (nSPS) is 18.0. The lowest BCUT2D eigenvalue weighted by Gasteiger charge is -2.38. The molecule has 6 heteroatoms. The smallest absolute Gasteiger partial charge is 0.269 e. The van der Waals surface area contributed by atoms with Gasteiger partial charge in [-0.25, -0.2) is 0 Å². The predicted octanol–water partition coefficient (Wildman–Crippen LogP) is 1.75. The maximum absolute atomic E-state index is 10.6. The van der Waals surface area contributed by atoms with Crippen LogP contribution < -0.4 is 4.90 Å². The lowest BCUT2D eigenvalue weighted by molar-refractivity contribution is -0.384. The summed E-state index contributed by atoms with van der Waals surface area (Å²) in [6.07, 6.45) is 0. The number of non-ortho nitro benzene ring substituents is 1. The number of ether oxygens (including phenoxy) is 1. The van der Waals surface area contributed by atoms with E-state index in [1.54, 1.807) is 19.2 Å². The van der Waals surface area contributed by atoms with Crippen molar-refractivity contribution in [2.45, 2.75) is 13.0 Å². The number of nitro benzene ring substituents is 1. The highest BCUT2D eigenvalue weighted by molar-refractivity contribution is 5.51. The van der Waals surface area contributed by atoms with Crippen LogP contribution in [0.1, 0.15) is 6.92 Å². The molecule has 0 aliphatic carbocycles. The molecule has 0 spiro atoms. The van der Waals surface area contributed by atoms with Crippen molar-refractivity contribution >= 4 is 11.4 Å². The van der Waals surface area contributed by atoms with Gasteiger partial charge in [0.15, 0.2) is 0 Å². The van der Waals surface area contributed by atoms with Crippen LogP contribution in [0.3, 0.4) is 0 Å².